The summed E-state index contributed by atoms with van der Waals surface area (Å²) in [5, 5.41) is 4.44. The normalized spacial score (nSPS) is 17.7. The summed E-state index contributed by atoms with van der Waals surface area (Å²) >= 11 is 0. The summed E-state index contributed by atoms with van der Waals surface area (Å²) in [5.41, 5.74) is 0.410. The van der Waals surface area contributed by atoms with Crippen molar-refractivity contribution < 1.29 is 19.1 Å². The van der Waals surface area contributed by atoms with Crippen molar-refractivity contribution >= 4 is 28.5 Å². The zero-order valence-corrected chi connectivity index (χ0v) is 14.2. The monoisotopic (exact) mass is 340 g/mol. The van der Waals surface area contributed by atoms with E-state index in [0.29, 0.717) is 24.3 Å². The SMILES string of the molecule is CCOc1ccc2ccccc2c1C(=O)NC1CCC(=O)N(C)C1=O. The van der Waals surface area contributed by atoms with Gasteiger partial charge in [0, 0.05) is 13.5 Å². The molecule has 6 heteroatoms. The fourth-order valence-electron chi connectivity index (χ4n) is 3.04. The summed E-state index contributed by atoms with van der Waals surface area (Å²) in [6.45, 7) is 2.28. The Hall–Kier alpha value is -2.89. The van der Waals surface area contributed by atoms with Crippen molar-refractivity contribution in [3.05, 3.63) is 42.0 Å². The van der Waals surface area contributed by atoms with Crippen LogP contribution in [0, 0.1) is 0 Å². The fourth-order valence-corrected chi connectivity index (χ4v) is 3.04. The van der Waals surface area contributed by atoms with Crippen LogP contribution in [0.3, 0.4) is 0 Å². The van der Waals surface area contributed by atoms with Crippen molar-refractivity contribution in [3.63, 3.8) is 0 Å². The second kappa shape index (κ2) is 6.93. The molecule has 6 nitrogen and oxygen atoms in total. The molecule has 0 saturated carbocycles. The van der Waals surface area contributed by atoms with Gasteiger partial charge in [-0.3, -0.25) is 19.3 Å². The van der Waals surface area contributed by atoms with E-state index < -0.39 is 6.04 Å². The van der Waals surface area contributed by atoms with Crippen LogP contribution in [-0.2, 0) is 9.59 Å². The zero-order valence-electron chi connectivity index (χ0n) is 14.2. The minimum absolute atomic E-state index is 0.226. The van der Waals surface area contributed by atoms with Crippen molar-refractivity contribution in [1.82, 2.24) is 10.2 Å². The van der Waals surface area contributed by atoms with Crippen LogP contribution in [0.15, 0.2) is 36.4 Å². The first-order chi connectivity index (χ1) is 12.0. The molecule has 2 aromatic carbocycles. The maximum Gasteiger partial charge on any atom is 0.256 e. The van der Waals surface area contributed by atoms with Gasteiger partial charge in [0.2, 0.25) is 5.91 Å². The zero-order chi connectivity index (χ0) is 18.0. The Morgan fingerprint density at radius 1 is 1.24 bits per heavy atom. The molecule has 3 amide bonds. The number of likely N-dealkylation sites (tertiary alicyclic amines) is 1. The number of piperidine rings is 1. The number of carbonyl (C=O) groups excluding carboxylic acids is 3. The third-order valence-corrected chi connectivity index (χ3v) is 4.37. The average Bonchev–Trinajstić information content (AvgIpc) is 2.62. The average molecular weight is 340 g/mol. The van der Waals surface area contributed by atoms with E-state index in [1.54, 1.807) is 6.07 Å². The third-order valence-electron chi connectivity index (χ3n) is 4.37. The van der Waals surface area contributed by atoms with Crippen molar-refractivity contribution in [2.75, 3.05) is 13.7 Å². The number of imide groups is 1. The molecule has 1 unspecified atom stereocenters. The minimum atomic E-state index is -0.705. The summed E-state index contributed by atoms with van der Waals surface area (Å²) in [5.74, 6) is -0.508. The predicted octanol–water partition coefficient (Wildman–Crippen LogP) is 2.12. The summed E-state index contributed by atoms with van der Waals surface area (Å²) in [6.07, 6.45) is 0.545. The number of ether oxygens (including phenoxy) is 1. The Morgan fingerprint density at radius 3 is 2.76 bits per heavy atom. The molecule has 1 aliphatic heterocycles. The van der Waals surface area contributed by atoms with Crippen LogP contribution in [0.4, 0.5) is 0 Å². The van der Waals surface area contributed by atoms with E-state index in [0.717, 1.165) is 15.7 Å². The van der Waals surface area contributed by atoms with Crippen molar-refractivity contribution in [3.8, 4) is 5.75 Å². The van der Waals surface area contributed by atoms with Gasteiger partial charge >= 0.3 is 0 Å². The summed E-state index contributed by atoms with van der Waals surface area (Å²) in [4.78, 5) is 37.8. The first-order valence-corrected chi connectivity index (χ1v) is 8.28. The lowest BCUT2D eigenvalue weighted by Gasteiger charge is -2.28. The second-order valence-electron chi connectivity index (χ2n) is 5.95. The number of likely N-dealkylation sites (N-methyl/N-ethyl adjacent to an activating group) is 1. The smallest absolute Gasteiger partial charge is 0.256 e. The highest BCUT2D eigenvalue weighted by Gasteiger charge is 2.33. The lowest BCUT2D eigenvalue weighted by molar-refractivity contribution is -0.147. The van der Waals surface area contributed by atoms with Gasteiger partial charge in [0.1, 0.15) is 11.8 Å². The quantitative estimate of drug-likeness (QED) is 0.865. The lowest BCUT2D eigenvalue weighted by Crippen LogP contribution is -2.52. The topological polar surface area (TPSA) is 75.7 Å². The second-order valence-corrected chi connectivity index (χ2v) is 5.95. The first kappa shape index (κ1) is 17.0. The van der Waals surface area contributed by atoms with E-state index in [4.69, 9.17) is 4.74 Å². The highest BCUT2D eigenvalue weighted by molar-refractivity contribution is 6.11. The number of hydrogen-bond acceptors (Lipinski definition) is 4. The Balaban J connectivity index is 1.95. The van der Waals surface area contributed by atoms with Gasteiger partial charge in [-0.25, -0.2) is 0 Å². The van der Waals surface area contributed by atoms with Crippen molar-refractivity contribution in [2.45, 2.75) is 25.8 Å². The minimum Gasteiger partial charge on any atom is -0.493 e. The molecule has 1 saturated heterocycles. The van der Waals surface area contributed by atoms with Gasteiger partial charge < -0.3 is 10.1 Å². The molecule has 130 valence electrons. The van der Waals surface area contributed by atoms with Crippen LogP contribution in [0.5, 0.6) is 5.75 Å². The summed E-state index contributed by atoms with van der Waals surface area (Å²) in [6, 6.07) is 10.5. The van der Waals surface area contributed by atoms with Crippen LogP contribution in [-0.4, -0.2) is 42.3 Å². The third kappa shape index (κ3) is 3.20. The summed E-state index contributed by atoms with van der Waals surface area (Å²) < 4.78 is 5.61. The first-order valence-electron chi connectivity index (χ1n) is 8.28. The molecular formula is C19H20N2O4. The van der Waals surface area contributed by atoms with Gasteiger partial charge in [-0.1, -0.05) is 30.3 Å². The van der Waals surface area contributed by atoms with Crippen LogP contribution < -0.4 is 10.1 Å². The van der Waals surface area contributed by atoms with E-state index in [-0.39, 0.29) is 24.1 Å². The fraction of sp³-hybridized carbons (Fsp3) is 0.316. The number of hydrogen-bond donors (Lipinski definition) is 1. The van der Waals surface area contributed by atoms with Gasteiger partial charge in [-0.05, 0) is 30.2 Å². The Kier molecular flexibility index (Phi) is 4.70. The van der Waals surface area contributed by atoms with E-state index in [1.165, 1.54) is 7.05 Å². The molecule has 1 aliphatic rings. The number of nitrogens with zero attached hydrogens (tertiary/aromatic N) is 1. The maximum absolute atomic E-state index is 12.9. The van der Waals surface area contributed by atoms with Gasteiger partial charge in [0.25, 0.3) is 11.8 Å². The molecule has 25 heavy (non-hydrogen) atoms. The van der Waals surface area contributed by atoms with Crippen LogP contribution in [0.1, 0.15) is 30.1 Å². The Labute approximate surface area is 145 Å². The number of benzene rings is 2. The highest BCUT2D eigenvalue weighted by atomic mass is 16.5. The molecule has 3 rings (SSSR count). The standard InChI is InChI=1S/C19H20N2O4/c1-3-25-15-10-8-12-6-4-5-7-13(12)17(15)18(23)20-14-9-11-16(22)21(2)19(14)24/h4-8,10,14H,3,9,11H2,1-2H3,(H,20,23). The summed E-state index contributed by atoms with van der Waals surface area (Å²) in [7, 11) is 1.44. The van der Waals surface area contributed by atoms with Crippen LogP contribution in [0.2, 0.25) is 0 Å². The Bertz CT molecular complexity index is 846. The molecule has 2 aromatic rings. The van der Waals surface area contributed by atoms with Crippen molar-refractivity contribution in [1.29, 1.82) is 0 Å². The van der Waals surface area contributed by atoms with Crippen LogP contribution >= 0.6 is 0 Å². The van der Waals surface area contributed by atoms with Gasteiger partial charge in [-0.15, -0.1) is 0 Å². The molecule has 0 aromatic heterocycles. The number of nitrogens with one attached hydrogen (secondary N) is 1. The molecule has 0 spiro atoms. The highest BCUT2D eigenvalue weighted by Crippen LogP contribution is 2.28. The molecular weight excluding hydrogens is 320 g/mol. The number of rotatable bonds is 4. The molecule has 0 aliphatic carbocycles. The van der Waals surface area contributed by atoms with E-state index in [1.807, 2.05) is 37.3 Å². The number of fused-ring (bicyclic) bond motifs is 1. The van der Waals surface area contributed by atoms with E-state index in [9.17, 15) is 14.4 Å². The molecule has 1 fully saturated rings. The van der Waals surface area contributed by atoms with Gasteiger partial charge in [-0.2, -0.15) is 0 Å². The molecule has 0 radical (unpaired) electrons. The number of carbonyl (C=O) groups is 3. The lowest BCUT2D eigenvalue weighted by atomic mass is 10.0. The van der Waals surface area contributed by atoms with E-state index >= 15 is 0 Å². The van der Waals surface area contributed by atoms with E-state index in [2.05, 4.69) is 5.32 Å². The van der Waals surface area contributed by atoms with Gasteiger partial charge in [0.05, 0.1) is 12.2 Å². The maximum atomic E-state index is 12.9. The number of amides is 3. The molecule has 1 N–H and O–H groups in total. The van der Waals surface area contributed by atoms with Crippen LogP contribution in [0.25, 0.3) is 10.8 Å². The van der Waals surface area contributed by atoms with Gasteiger partial charge in [0.15, 0.2) is 0 Å². The predicted molar refractivity (Wildman–Crippen MR) is 93.4 cm³/mol. The largest absolute Gasteiger partial charge is 0.493 e. The van der Waals surface area contributed by atoms with Crippen molar-refractivity contribution in [2.24, 2.45) is 0 Å². The molecule has 1 atom stereocenters. The molecule has 1 heterocycles. The molecule has 0 bridgehead atoms. The Morgan fingerprint density at radius 2 is 2.00 bits per heavy atom.